The molecule has 29 heavy (non-hydrogen) atoms. The summed E-state index contributed by atoms with van der Waals surface area (Å²) in [7, 11) is 0. The summed E-state index contributed by atoms with van der Waals surface area (Å²) in [6, 6.07) is 7.32. The Hall–Kier alpha value is -1.51. The van der Waals surface area contributed by atoms with Crippen LogP contribution < -0.4 is 4.90 Å². The average molecular weight is 488 g/mol. The first-order valence-corrected chi connectivity index (χ1v) is 11.3. The lowest BCUT2D eigenvalue weighted by Crippen LogP contribution is -2.41. The van der Waals surface area contributed by atoms with E-state index in [-0.39, 0.29) is 18.9 Å². The lowest BCUT2D eigenvalue weighted by molar-refractivity contribution is -0.138. The number of aryl methyl sites for hydroxylation is 1. The fraction of sp³-hybridized carbons (Fsp3) is 0.211. The number of carboxylic acids is 1. The molecule has 1 aliphatic heterocycles. The van der Waals surface area contributed by atoms with Crippen LogP contribution in [0.5, 0.6) is 0 Å². The molecule has 2 aromatic carbocycles. The van der Waals surface area contributed by atoms with Crippen LogP contribution in [0.15, 0.2) is 29.2 Å². The molecule has 1 atom stereocenters. The van der Waals surface area contributed by atoms with E-state index < -0.39 is 11.2 Å². The molecule has 10 heteroatoms. The molecule has 0 saturated carbocycles. The molecule has 1 aromatic heterocycles. The molecule has 5 nitrogen and oxygen atoms in total. The van der Waals surface area contributed by atoms with Crippen molar-refractivity contribution in [2.24, 2.45) is 0 Å². The summed E-state index contributed by atoms with van der Waals surface area (Å²) in [6.07, 6.45) is -0.250. The van der Waals surface area contributed by atoms with Gasteiger partial charge in [-0.05, 0) is 30.7 Å². The Kier molecular flexibility index (Phi) is 5.70. The van der Waals surface area contributed by atoms with Gasteiger partial charge in [-0.25, -0.2) is 4.98 Å². The van der Waals surface area contributed by atoms with Crippen LogP contribution in [0.25, 0.3) is 10.2 Å². The lowest BCUT2D eigenvalue weighted by atomic mass is 10.1. The molecule has 1 amide bonds. The smallest absolute Gasteiger partial charge is 0.305 e. The van der Waals surface area contributed by atoms with Crippen LogP contribution in [0.4, 0.5) is 5.69 Å². The van der Waals surface area contributed by atoms with Crippen molar-refractivity contribution in [2.45, 2.75) is 30.0 Å². The van der Waals surface area contributed by atoms with Gasteiger partial charge < -0.3 is 10.0 Å². The van der Waals surface area contributed by atoms with E-state index in [1.807, 2.05) is 25.1 Å². The van der Waals surface area contributed by atoms with E-state index in [1.165, 1.54) is 23.1 Å². The average Bonchev–Trinajstić information content (AvgIpc) is 3.07. The van der Waals surface area contributed by atoms with Crippen molar-refractivity contribution < 1.29 is 14.7 Å². The number of nitrogens with zero attached hydrogens (tertiary/aromatic N) is 2. The Balaban J connectivity index is 1.76. The standard InChI is InChI=1S/C19H13Cl3N2O3S2/c1-8-2-3-11-12(4-8)28-13(6-15(25)26)19(27)24(11)7-14-23-17-16(22)9(20)5-10(21)18(17)29-14/h2-5,13H,6-7H2,1H3,(H,25,26). The van der Waals surface area contributed by atoms with E-state index in [1.54, 1.807) is 11.0 Å². The summed E-state index contributed by atoms with van der Waals surface area (Å²) < 4.78 is 0.695. The summed E-state index contributed by atoms with van der Waals surface area (Å²) in [6.45, 7) is 2.14. The molecule has 0 spiro atoms. The largest absolute Gasteiger partial charge is 0.481 e. The minimum Gasteiger partial charge on any atom is -0.481 e. The van der Waals surface area contributed by atoms with Gasteiger partial charge in [0.15, 0.2) is 0 Å². The zero-order valence-corrected chi connectivity index (χ0v) is 18.8. The third-order valence-corrected chi connectivity index (χ3v) is 7.92. The number of anilines is 1. The van der Waals surface area contributed by atoms with E-state index in [0.29, 0.717) is 30.3 Å². The zero-order chi connectivity index (χ0) is 20.9. The predicted molar refractivity (Wildman–Crippen MR) is 119 cm³/mol. The van der Waals surface area contributed by atoms with Gasteiger partial charge in [0, 0.05) is 4.90 Å². The number of hydrogen-bond donors (Lipinski definition) is 1. The van der Waals surface area contributed by atoms with E-state index in [9.17, 15) is 14.7 Å². The number of hydrogen-bond acceptors (Lipinski definition) is 5. The summed E-state index contributed by atoms with van der Waals surface area (Å²) >= 11 is 21.3. The Labute approximate surface area is 189 Å². The van der Waals surface area contributed by atoms with Crippen LogP contribution in [0.1, 0.15) is 17.0 Å². The van der Waals surface area contributed by atoms with Gasteiger partial charge in [0.2, 0.25) is 5.91 Å². The number of carbonyl (C=O) groups excluding carboxylic acids is 1. The second kappa shape index (κ2) is 7.96. The van der Waals surface area contributed by atoms with Gasteiger partial charge >= 0.3 is 5.97 Å². The SMILES string of the molecule is Cc1ccc2c(c1)SC(CC(=O)O)C(=O)N2Cc1nc2c(Cl)c(Cl)cc(Cl)c2s1. The number of rotatable bonds is 4. The number of aromatic nitrogens is 1. The van der Waals surface area contributed by atoms with Crippen molar-refractivity contribution in [1.29, 1.82) is 0 Å². The molecule has 0 saturated heterocycles. The zero-order valence-electron chi connectivity index (χ0n) is 14.9. The van der Waals surface area contributed by atoms with Crippen LogP contribution in [-0.2, 0) is 16.1 Å². The van der Waals surface area contributed by atoms with Crippen LogP contribution >= 0.6 is 57.9 Å². The van der Waals surface area contributed by atoms with E-state index in [4.69, 9.17) is 34.8 Å². The van der Waals surface area contributed by atoms with Gasteiger partial charge in [0.05, 0.1) is 43.7 Å². The summed E-state index contributed by atoms with van der Waals surface area (Å²) in [5.74, 6) is -1.27. The topological polar surface area (TPSA) is 70.5 Å². The minimum absolute atomic E-state index is 0.190. The summed E-state index contributed by atoms with van der Waals surface area (Å²) in [5, 5.41) is 10.2. The molecule has 1 N–H and O–H groups in total. The first kappa shape index (κ1) is 20.8. The molecule has 0 radical (unpaired) electrons. The number of halogens is 3. The van der Waals surface area contributed by atoms with Gasteiger partial charge in [0.1, 0.15) is 10.5 Å². The molecule has 2 heterocycles. The molecule has 150 valence electrons. The molecule has 0 bridgehead atoms. The van der Waals surface area contributed by atoms with Crippen LogP contribution in [-0.4, -0.2) is 27.2 Å². The normalized spacial score (nSPS) is 16.3. The third-order valence-electron chi connectivity index (χ3n) is 4.43. The Morgan fingerprint density at radius 3 is 2.72 bits per heavy atom. The maximum Gasteiger partial charge on any atom is 0.305 e. The van der Waals surface area contributed by atoms with Gasteiger partial charge in [-0.3, -0.25) is 9.59 Å². The second-order valence-electron chi connectivity index (χ2n) is 6.54. The monoisotopic (exact) mass is 486 g/mol. The van der Waals surface area contributed by atoms with Crippen LogP contribution in [0.2, 0.25) is 15.1 Å². The molecule has 3 aromatic rings. The number of thiazole rings is 1. The van der Waals surface area contributed by atoms with Crippen molar-refractivity contribution in [1.82, 2.24) is 4.98 Å². The fourth-order valence-corrected chi connectivity index (χ4v) is 6.21. The molecule has 1 aliphatic rings. The fourth-order valence-electron chi connectivity index (χ4n) is 3.12. The molecule has 0 aliphatic carbocycles. The van der Waals surface area contributed by atoms with Gasteiger partial charge in [-0.15, -0.1) is 23.1 Å². The third kappa shape index (κ3) is 3.94. The number of fused-ring (bicyclic) bond motifs is 2. The van der Waals surface area contributed by atoms with Gasteiger partial charge in [0.25, 0.3) is 0 Å². The molecule has 1 unspecified atom stereocenters. The molecular formula is C19H13Cl3N2O3S2. The quantitative estimate of drug-likeness (QED) is 0.454. The molecular weight excluding hydrogens is 475 g/mol. The Bertz CT molecular complexity index is 1170. The highest BCUT2D eigenvalue weighted by molar-refractivity contribution is 8.01. The summed E-state index contributed by atoms with van der Waals surface area (Å²) in [5.41, 5.74) is 2.27. The highest BCUT2D eigenvalue weighted by atomic mass is 35.5. The van der Waals surface area contributed by atoms with Crippen LogP contribution in [0.3, 0.4) is 0 Å². The van der Waals surface area contributed by atoms with E-state index in [2.05, 4.69) is 4.98 Å². The van der Waals surface area contributed by atoms with E-state index >= 15 is 0 Å². The molecule has 0 fully saturated rings. The predicted octanol–water partition coefficient (Wildman–Crippen LogP) is 6.05. The Morgan fingerprint density at radius 1 is 1.24 bits per heavy atom. The maximum absolute atomic E-state index is 13.1. The first-order valence-electron chi connectivity index (χ1n) is 8.48. The van der Waals surface area contributed by atoms with Crippen molar-refractivity contribution in [3.05, 3.63) is 49.9 Å². The number of amides is 1. The number of thioether (sulfide) groups is 1. The van der Waals surface area contributed by atoms with Crippen LogP contribution in [0, 0.1) is 6.92 Å². The second-order valence-corrected chi connectivity index (χ2v) is 10.1. The first-order chi connectivity index (χ1) is 13.7. The Morgan fingerprint density at radius 2 is 2.00 bits per heavy atom. The van der Waals surface area contributed by atoms with Gasteiger partial charge in [-0.1, -0.05) is 40.9 Å². The highest BCUT2D eigenvalue weighted by Crippen LogP contribution is 2.43. The van der Waals surface area contributed by atoms with Crippen molar-refractivity contribution in [3.8, 4) is 0 Å². The molecule has 4 rings (SSSR count). The highest BCUT2D eigenvalue weighted by Gasteiger charge is 2.35. The summed E-state index contributed by atoms with van der Waals surface area (Å²) in [4.78, 5) is 31.3. The van der Waals surface area contributed by atoms with Gasteiger partial charge in [-0.2, -0.15) is 0 Å². The van der Waals surface area contributed by atoms with Crippen molar-refractivity contribution in [3.63, 3.8) is 0 Å². The van der Waals surface area contributed by atoms with Crippen molar-refractivity contribution >= 4 is 85.7 Å². The number of carboxylic acid groups (broad SMARTS) is 1. The number of aliphatic carboxylic acids is 1. The van der Waals surface area contributed by atoms with E-state index in [0.717, 1.165) is 16.1 Å². The minimum atomic E-state index is -1.01. The number of carbonyl (C=O) groups is 2. The number of benzene rings is 2. The van der Waals surface area contributed by atoms with Crippen molar-refractivity contribution in [2.75, 3.05) is 4.90 Å². The lowest BCUT2D eigenvalue weighted by Gasteiger charge is -2.33. The maximum atomic E-state index is 13.1.